The fourth-order valence-electron chi connectivity index (χ4n) is 3.79. The molecular formula is C19H30N4O4S. The molecule has 2 aromatic heterocycles. The van der Waals surface area contributed by atoms with E-state index in [1.807, 2.05) is 18.0 Å². The van der Waals surface area contributed by atoms with Crippen LogP contribution in [0.15, 0.2) is 28.1 Å². The van der Waals surface area contributed by atoms with Crippen LogP contribution >= 0.6 is 0 Å². The van der Waals surface area contributed by atoms with Crippen molar-refractivity contribution in [2.45, 2.75) is 68.6 Å². The number of methoxy groups -OCH3 is 1. The summed E-state index contributed by atoms with van der Waals surface area (Å²) in [4.78, 5) is 6.40. The van der Waals surface area contributed by atoms with Gasteiger partial charge in [-0.15, -0.1) is 0 Å². The summed E-state index contributed by atoms with van der Waals surface area (Å²) in [6.07, 6.45) is 8.90. The molecule has 8 nitrogen and oxygen atoms in total. The zero-order valence-electron chi connectivity index (χ0n) is 16.7. The number of aromatic nitrogens is 3. The Labute approximate surface area is 166 Å². The Morgan fingerprint density at radius 2 is 2.00 bits per heavy atom. The van der Waals surface area contributed by atoms with Gasteiger partial charge in [-0.05, 0) is 19.9 Å². The molecule has 2 aromatic rings. The molecule has 2 heterocycles. The van der Waals surface area contributed by atoms with E-state index in [-0.39, 0.29) is 10.4 Å². The molecular weight excluding hydrogens is 380 g/mol. The van der Waals surface area contributed by atoms with Crippen molar-refractivity contribution in [2.24, 2.45) is 0 Å². The van der Waals surface area contributed by atoms with Gasteiger partial charge >= 0.3 is 0 Å². The quantitative estimate of drug-likeness (QED) is 0.587. The van der Waals surface area contributed by atoms with E-state index in [1.165, 1.54) is 0 Å². The smallest absolute Gasteiger partial charge is 0.228 e. The van der Waals surface area contributed by atoms with Gasteiger partial charge in [0, 0.05) is 26.3 Å². The molecule has 9 heteroatoms. The van der Waals surface area contributed by atoms with Gasteiger partial charge in [-0.3, -0.25) is 4.90 Å². The van der Waals surface area contributed by atoms with Crippen molar-refractivity contribution in [1.29, 1.82) is 0 Å². The Kier molecular flexibility index (Phi) is 7.25. The van der Waals surface area contributed by atoms with Gasteiger partial charge in [-0.1, -0.05) is 30.8 Å². The zero-order valence-corrected chi connectivity index (χ0v) is 17.5. The van der Waals surface area contributed by atoms with E-state index in [2.05, 4.69) is 10.1 Å². The van der Waals surface area contributed by atoms with Crippen LogP contribution in [0.25, 0.3) is 0 Å². The lowest BCUT2D eigenvalue weighted by molar-refractivity contribution is 0.181. The van der Waals surface area contributed by atoms with Gasteiger partial charge < -0.3 is 13.8 Å². The molecule has 0 spiro atoms. The molecule has 1 aliphatic carbocycles. The zero-order chi connectivity index (χ0) is 20.0. The van der Waals surface area contributed by atoms with Crippen LogP contribution in [0.1, 0.15) is 50.0 Å². The largest absolute Gasteiger partial charge is 0.383 e. The number of ether oxygens (including phenoxy) is 1. The second kappa shape index (κ2) is 9.67. The molecule has 1 saturated carbocycles. The van der Waals surface area contributed by atoms with Crippen LogP contribution in [0, 0.1) is 0 Å². The van der Waals surface area contributed by atoms with Crippen LogP contribution in [-0.4, -0.2) is 54.0 Å². The first-order valence-electron chi connectivity index (χ1n) is 9.87. The minimum atomic E-state index is -3.46. The Hall–Kier alpha value is -1.71. The first-order chi connectivity index (χ1) is 13.5. The van der Waals surface area contributed by atoms with Gasteiger partial charge in [0.1, 0.15) is 0 Å². The van der Waals surface area contributed by atoms with Crippen LogP contribution < -0.4 is 0 Å². The molecule has 3 rings (SSSR count). The van der Waals surface area contributed by atoms with Crippen molar-refractivity contribution in [2.75, 3.05) is 20.8 Å². The van der Waals surface area contributed by atoms with Gasteiger partial charge in [-0.2, -0.15) is 0 Å². The second-order valence-electron chi connectivity index (χ2n) is 7.49. The predicted octanol–water partition coefficient (Wildman–Crippen LogP) is 2.65. The molecule has 0 unspecified atom stereocenters. The fraction of sp³-hybridized carbons (Fsp3) is 0.684. The summed E-state index contributed by atoms with van der Waals surface area (Å²) < 4.78 is 38.8. The summed E-state index contributed by atoms with van der Waals surface area (Å²) in [5, 5.41) is 3.57. The monoisotopic (exact) mass is 410 g/mol. The average molecular weight is 411 g/mol. The molecule has 0 N–H and O–H groups in total. The highest BCUT2D eigenvalue weighted by atomic mass is 32.2. The molecule has 0 radical (unpaired) electrons. The van der Waals surface area contributed by atoms with Gasteiger partial charge in [0.25, 0.3) is 0 Å². The predicted molar refractivity (Wildman–Crippen MR) is 104 cm³/mol. The van der Waals surface area contributed by atoms with Crippen molar-refractivity contribution in [1.82, 2.24) is 19.6 Å². The second-order valence-corrected chi connectivity index (χ2v) is 9.61. The maximum Gasteiger partial charge on any atom is 0.228 e. The summed E-state index contributed by atoms with van der Waals surface area (Å²) in [6, 6.07) is 1.82. The number of imidazole rings is 1. The van der Waals surface area contributed by atoms with E-state index in [0.717, 1.165) is 50.0 Å². The normalized spacial score (nSPS) is 16.5. The van der Waals surface area contributed by atoms with E-state index in [9.17, 15) is 8.42 Å². The summed E-state index contributed by atoms with van der Waals surface area (Å²) >= 11 is 0. The van der Waals surface area contributed by atoms with Crippen LogP contribution in [0.5, 0.6) is 0 Å². The molecule has 156 valence electrons. The van der Waals surface area contributed by atoms with Crippen molar-refractivity contribution in [3.05, 3.63) is 29.9 Å². The number of hydrogen-bond acceptors (Lipinski definition) is 7. The third-order valence-corrected chi connectivity index (χ3v) is 7.45. The van der Waals surface area contributed by atoms with Crippen molar-refractivity contribution in [3.8, 4) is 0 Å². The van der Waals surface area contributed by atoms with E-state index in [0.29, 0.717) is 26.2 Å². The van der Waals surface area contributed by atoms with Gasteiger partial charge in [0.15, 0.2) is 5.76 Å². The molecule has 0 aliphatic heterocycles. The molecule has 0 amide bonds. The molecule has 0 bridgehead atoms. The number of rotatable bonds is 9. The first kappa shape index (κ1) is 21.0. The van der Waals surface area contributed by atoms with Gasteiger partial charge in [0.05, 0.1) is 36.5 Å². The molecule has 0 aromatic carbocycles. The van der Waals surface area contributed by atoms with Gasteiger partial charge in [0.2, 0.25) is 15.0 Å². The first-order valence-corrected chi connectivity index (χ1v) is 11.4. The van der Waals surface area contributed by atoms with E-state index in [4.69, 9.17) is 9.26 Å². The molecule has 28 heavy (non-hydrogen) atoms. The van der Waals surface area contributed by atoms with Crippen LogP contribution in [-0.2, 0) is 34.2 Å². The van der Waals surface area contributed by atoms with Crippen molar-refractivity contribution in [3.63, 3.8) is 0 Å². The Balaban J connectivity index is 1.82. The highest BCUT2D eigenvalue weighted by Gasteiger charge is 2.32. The third kappa shape index (κ3) is 5.01. The topological polar surface area (TPSA) is 90.5 Å². The molecule has 0 saturated heterocycles. The minimum Gasteiger partial charge on any atom is -0.383 e. The molecule has 1 aliphatic rings. The van der Waals surface area contributed by atoms with Gasteiger partial charge in [-0.25, -0.2) is 13.4 Å². The van der Waals surface area contributed by atoms with Crippen molar-refractivity contribution < 1.29 is 17.7 Å². The lowest BCUT2D eigenvalue weighted by Gasteiger charge is -2.19. The average Bonchev–Trinajstić information content (AvgIpc) is 3.21. The number of nitrogens with zero attached hydrogens (tertiary/aromatic N) is 4. The van der Waals surface area contributed by atoms with Crippen LogP contribution in [0.3, 0.4) is 0 Å². The van der Waals surface area contributed by atoms with Crippen LogP contribution in [0.2, 0.25) is 0 Å². The Bertz CT molecular complexity index is 824. The highest BCUT2D eigenvalue weighted by Crippen LogP contribution is 2.28. The van der Waals surface area contributed by atoms with E-state index < -0.39 is 9.84 Å². The third-order valence-electron chi connectivity index (χ3n) is 5.27. The summed E-state index contributed by atoms with van der Waals surface area (Å²) in [5.74, 6) is 0.761. The molecule has 0 atom stereocenters. The number of hydrogen-bond donors (Lipinski definition) is 0. The van der Waals surface area contributed by atoms with E-state index >= 15 is 0 Å². The standard InChI is InChI=1S/C19H30N4O4S/c1-22(15-17-9-10-21-27-17)14-16-13-20-19(23(16)11-12-26-2)28(24,25)18-7-5-3-4-6-8-18/h9-10,13,18H,3-8,11-12,14-15H2,1-2H3. The molecule has 1 fully saturated rings. The maximum absolute atomic E-state index is 13.3. The van der Waals surface area contributed by atoms with E-state index in [1.54, 1.807) is 24.1 Å². The lowest BCUT2D eigenvalue weighted by atomic mass is 10.2. The maximum atomic E-state index is 13.3. The Morgan fingerprint density at radius 1 is 1.25 bits per heavy atom. The SMILES string of the molecule is COCCn1c(CN(C)Cc2ccno2)cnc1S(=O)(=O)C1CCCCCC1. The van der Waals surface area contributed by atoms with Crippen LogP contribution in [0.4, 0.5) is 0 Å². The summed E-state index contributed by atoms with van der Waals surface area (Å²) in [7, 11) is 0.109. The Morgan fingerprint density at radius 3 is 2.64 bits per heavy atom. The minimum absolute atomic E-state index is 0.180. The number of sulfone groups is 1. The highest BCUT2D eigenvalue weighted by molar-refractivity contribution is 7.91. The summed E-state index contributed by atoms with van der Waals surface area (Å²) in [5.41, 5.74) is 0.853. The summed E-state index contributed by atoms with van der Waals surface area (Å²) in [6.45, 7) is 2.03. The van der Waals surface area contributed by atoms with Crippen molar-refractivity contribution >= 4 is 9.84 Å². The fourth-order valence-corrected chi connectivity index (χ4v) is 5.76. The lowest BCUT2D eigenvalue weighted by Crippen LogP contribution is -2.26.